The number of methoxy groups -OCH3 is 1. The average molecular weight is 240 g/mol. The van der Waals surface area contributed by atoms with Crippen molar-refractivity contribution < 1.29 is 9.47 Å². The second kappa shape index (κ2) is 7.44. The van der Waals surface area contributed by atoms with Gasteiger partial charge in [-0.05, 0) is 36.6 Å². The van der Waals surface area contributed by atoms with Crippen molar-refractivity contribution in [2.24, 2.45) is 5.92 Å². The minimum Gasteiger partial charge on any atom is -0.493 e. The summed E-state index contributed by atoms with van der Waals surface area (Å²) < 4.78 is 10.9. The SMILES string of the molecule is COc1ccccc1OCCC(C)CCS. The zero-order valence-corrected chi connectivity index (χ0v) is 10.9. The summed E-state index contributed by atoms with van der Waals surface area (Å²) in [6, 6.07) is 7.73. The highest BCUT2D eigenvalue weighted by Crippen LogP contribution is 2.26. The quantitative estimate of drug-likeness (QED) is 0.736. The van der Waals surface area contributed by atoms with Gasteiger partial charge in [-0.25, -0.2) is 0 Å². The molecule has 0 aromatic heterocycles. The Hall–Kier alpha value is -0.830. The van der Waals surface area contributed by atoms with Crippen LogP contribution in [0.15, 0.2) is 24.3 Å². The van der Waals surface area contributed by atoms with Crippen molar-refractivity contribution in [2.75, 3.05) is 19.5 Å². The van der Waals surface area contributed by atoms with Crippen molar-refractivity contribution >= 4 is 12.6 Å². The smallest absolute Gasteiger partial charge is 0.161 e. The molecule has 0 radical (unpaired) electrons. The topological polar surface area (TPSA) is 18.5 Å². The van der Waals surface area contributed by atoms with Crippen molar-refractivity contribution in [2.45, 2.75) is 19.8 Å². The largest absolute Gasteiger partial charge is 0.493 e. The molecule has 0 aliphatic rings. The maximum Gasteiger partial charge on any atom is 0.161 e. The number of hydrogen-bond acceptors (Lipinski definition) is 3. The predicted octanol–water partition coefficient (Wildman–Crippen LogP) is 3.42. The van der Waals surface area contributed by atoms with Gasteiger partial charge in [-0.1, -0.05) is 19.1 Å². The summed E-state index contributed by atoms with van der Waals surface area (Å²) in [5, 5.41) is 0. The zero-order valence-electron chi connectivity index (χ0n) is 9.98. The molecular formula is C13H20O2S. The fourth-order valence-electron chi connectivity index (χ4n) is 1.47. The van der Waals surface area contributed by atoms with E-state index in [0.29, 0.717) is 5.92 Å². The first kappa shape index (κ1) is 13.2. The molecule has 0 aliphatic carbocycles. The first-order valence-electron chi connectivity index (χ1n) is 5.64. The molecule has 0 bridgehead atoms. The van der Waals surface area contributed by atoms with Crippen LogP contribution in [0.2, 0.25) is 0 Å². The van der Waals surface area contributed by atoms with Crippen LogP contribution in [0.4, 0.5) is 0 Å². The van der Waals surface area contributed by atoms with Crippen molar-refractivity contribution in [1.29, 1.82) is 0 Å². The molecule has 1 aromatic carbocycles. The summed E-state index contributed by atoms with van der Waals surface area (Å²) in [7, 11) is 1.66. The second-order valence-corrected chi connectivity index (χ2v) is 4.35. The highest BCUT2D eigenvalue weighted by molar-refractivity contribution is 7.80. The lowest BCUT2D eigenvalue weighted by molar-refractivity contribution is 0.267. The van der Waals surface area contributed by atoms with Gasteiger partial charge < -0.3 is 9.47 Å². The Morgan fingerprint density at radius 1 is 1.19 bits per heavy atom. The third-order valence-electron chi connectivity index (χ3n) is 2.56. The van der Waals surface area contributed by atoms with E-state index in [9.17, 15) is 0 Å². The minimum atomic E-state index is 0.659. The number of ether oxygens (including phenoxy) is 2. The van der Waals surface area contributed by atoms with Crippen LogP contribution in [0.3, 0.4) is 0 Å². The summed E-state index contributed by atoms with van der Waals surface area (Å²) >= 11 is 4.22. The van der Waals surface area contributed by atoms with Crippen LogP contribution in [0, 0.1) is 5.92 Å². The van der Waals surface area contributed by atoms with Gasteiger partial charge in [0, 0.05) is 0 Å². The van der Waals surface area contributed by atoms with Crippen molar-refractivity contribution in [3.8, 4) is 11.5 Å². The molecule has 0 aliphatic heterocycles. The standard InChI is InChI=1S/C13H20O2S/c1-11(8-10-16)7-9-15-13-6-4-3-5-12(13)14-2/h3-6,11,16H,7-10H2,1-2H3. The molecule has 16 heavy (non-hydrogen) atoms. The molecule has 0 N–H and O–H groups in total. The van der Waals surface area contributed by atoms with Gasteiger partial charge in [0.15, 0.2) is 11.5 Å². The van der Waals surface area contributed by atoms with E-state index < -0.39 is 0 Å². The Labute approximate surface area is 103 Å². The summed E-state index contributed by atoms with van der Waals surface area (Å²) in [5.41, 5.74) is 0. The number of para-hydroxylation sites is 2. The number of benzene rings is 1. The molecule has 0 fully saturated rings. The molecule has 0 amide bonds. The number of thiol groups is 1. The lowest BCUT2D eigenvalue weighted by Crippen LogP contribution is -2.05. The van der Waals surface area contributed by atoms with E-state index in [1.54, 1.807) is 7.11 Å². The highest BCUT2D eigenvalue weighted by atomic mass is 32.1. The van der Waals surface area contributed by atoms with E-state index in [1.807, 2.05) is 24.3 Å². The van der Waals surface area contributed by atoms with Crippen LogP contribution in [-0.2, 0) is 0 Å². The first-order valence-corrected chi connectivity index (χ1v) is 6.28. The van der Waals surface area contributed by atoms with Crippen LogP contribution in [0.5, 0.6) is 11.5 Å². The highest BCUT2D eigenvalue weighted by Gasteiger charge is 2.04. The molecule has 0 heterocycles. The van der Waals surface area contributed by atoms with E-state index in [4.69, 9.17) is 9.47 Å². The number of rotatable bonds is 7. The summed E-state index contributed by atoms with van der Waals surface area (Å²) in [5.74, 6) is 3.22. The average Bonchev–Trinajstić information content (AvgIpc) is 2.30. The van der Waals surface area contributed by atoms with Gasteiger partial charge >= 0.3 is 0 Å². The third kappa shape index (κ3) is 4.35. The van der Waals surface area contributed by atoms with Gasteiger partial charge in [0.25, 0.3) is 0 Å². The molecule has 3 heteroatoms. The van der Waals surface area contributed by atoms with E-state index in [0.717, 1.165) is 36.7 Å². The molecule has 90 valence electrons. The molecule has 1 unspecified atom stereocenters. The Morgan fingerprint density at radius 3 is 2.50 bits per heavy atom. The summed E-state index contributed by atoms with van der Waals surface area (Å²) in [4.78, 5) is 0. The molecule has 0 saturated carbocycles. The summed E-state index contributed by atoms with van der Waals surface area (Å²) in [6.07, 6.45) is 2.19. The van der Waals surface area contributed by atoms with E-state index in [2.05, 4.69) is 19.6 Å². The monoisotopic (exact) mass is 240 g/mol. The van der Waals surface area contributed by atoms with Gasteiger partial charge in [-0.2, -0.15) is 12.6 Å². The molecule has 1 atom stereocenters. The predicted molar refractivity (Wildman–Crippen MR) is 70.7 cm³/mol. The van der Waals surface area contributed by atoms with Crippen LogP contribution in [-0.4, -0.2) is 19.5 Å². The van der Waals surface area contributed by atoms with Gasteiger partial charge in [0.05, 0.1) is 13.7 Å². The normalized spacial score (nSPS) is 12.2. The lowest BCUT2D eigenvalue weighted by atomic mass is 10.1. The van der Waals surface area contributed by atoms with Gasteiger partial charge in [0.1, 0.15) is 0 Å². The van der Waals surface area contributed by atoms with Crippen molar-refractivity contribution in [1.82, 2.24) is 0 Å². The van der Waals surface area contributed by atoms with Gasteiger partial charge in [-0.15, -0.1) is 0 Å². The zero-order chi connectivity index (χ0) is 11.8. The van der Waals surface area contributed by atoms with E-state index in [1.165, 1.54) is 0 Å². The van der Waals surface area contributed by atoms with Crippen LogP contribution < -0.4 is 9.47 Å². The van der Waals surface area contributed by atoms with E-state index >= 15 is 0 Å². The molecule has 2 nitrogen and oxygen atoms in total. The first-order chi connectivity index (χ1) is 7.77. The maximum atomic E-state index is 5.70. The number of hydrogen-bond donors (Lipinski definition) is 1. The Bertz CT molecular complexity index is 302. The molecular weight excluding hydrogens is 220 g/mol. The molecule has 0 saturated heterocycles. The maximum absolute atomic E-state index is 5.70. The minimum absolute atomic E-state index is 0.659. The second-order valence-electron chi connectivity index (χ2n) is 3.91. The van der Waals surface area contributed by atoms with Gasteiger partial charge in [-0.3, -0.25) is 0 Å². The van der Waals surface area contributed by atoms with Crippen LogP contribution in [0.1, 0.15) is 19.8 Å². The Morgan fingerprint density at radius 2 is 1.88 bits per heavy atom. The Kier molecular flexibility index (Phi) is 6.16. The third-order valence-corrected chi connectivity index (χ3v) is 2.82. The lowest BCUT2D eigenvalue weighted by Gasteiger charge is -2.13. The summed E-state index contributed by atoms with van der Waals surface area (Å²) in [6.45, 7) is 2.96. The molecule has 1 aromatic rings. The molecule has 1 rings (SSSR count). The fourth-order valence-corrected chi connectivity index (χ4v) is 1.91. The molecule has 0 spiro atoms. The van der Waals surface area contributed by atoms with Crippen molar-refractivity contribution in [3.63, 3.8) is 0 Å². The Balaban J connectivity index is 2.36. The van der Waals surface area contributed by atoms with Gasteiger partial charge in [0.2, 0.25) is 0 Å². The van der Waals surface area contributed by atoms with E-state index in [-0.39, 0.29) is 0 Å². The van der Waals surface area contributed by atoms with Crippen LogP contribution in [0.25, 0.3) is 0 Å². The fraction of sp³-hybridized carbons (Fsp3) is 0.538. The van der Waals surface area contributed by atoms with Crippen LogP contribution >= 0.6 is 12.6 Å². The van der Waals surface area contributed by atoms with Crippen molar-refractivity contribution in [3.05, 3.63) is 24.3 Å².